The molecule has 3 rings (SSSR count). The molecule has 0 atom stereocenters. The van der Waals surface area contributed by atoms with Gasteiger partial charge in [-0.2, -0.15) is 30.7 Å². The van der Waals surface area contributed by atoms with Crippen molar-refractivity contribution in [3.8, 4) is 11.3 Å². The smallest absolute Gasteiger partial charge is 0.324 e. The number of benzene rings is 1. The largest absolute Gasteiger partial charge is 0.460 e. The third-order valence-corrected chi connectivity index (χ3v) is 4.87. The number of aryl methyl sites for hydroxylation is 1. The van der Waals surface area contributed by atoms with E-state index in [1.54, 1.807) is 25.1 Å². The minimum Gasteiger partial charge on any atom is -0.324 e. The molecule has 0 aliphatic carbocycles. The summed E-state index contributed by atoms with van der Waals surface area (Å²) in [7, 11) is 0. The Morgan fingerprint density at radius 3 is 2.26 bits per heavy atom. The van der Waals surface area contributed by atoms with Crippen LogP contribution < -0.4 is 5.32 Å². The van der Waals surface area contributed by atoms with Crippen LogP contribution in [0.4, 0.5) is 42.4 Å². The Morgan fingerprint density at radius 2 is 1.65 bits per heavy atom. The van der Waals surface area contributed by atoms with E-state index in [-0.39, 0.29) is 11.3 Å². The van der Waals surface area contributed by atoms with Crippen molar-refractivity contribution in [1.82, 2.24) is 15.0 Å². The average Bonchev–Trinajstić information content (AvgIpc) is 2.70. The second-order valence-electron chi connectivity index (χ2n) is 6.43. The van der Waals surface area contributed by atoms with Crippen LogP contribution in [0, 0.1) is 10.5 Å². The Bertz CT molecular complexity index is 1090. The maximum atomic E-state index is 14.4. The predicted octanol–water partition coefficient (Wildman–Crippen LogP) is 6.48. The lowest BCUT2D eigenvalue weighted by Gasteiger charge is -2.28. The Kier molecular flexibility index (Phi) is 6.13. The van der Waals surface area contributed by atoms with E-state index in [1.165, 1.54) is 24.5 Å². The van der Waals surface area contributed by atoms with Crippen LogP contribution in [0.15, 0.2) is 48.8 Å². The zero-order valence-corrected chi connectivity index (χ0v) is 17.6. The molecule has 0 bridgehead atoms. The number of rotatable bonds is 5. The fourth-order valence-electron chi connectivity index (χ4n) is 2.51. The number of nitrogens with zero attached hydrogens (tertiary/aromatic N) is 3. The molecule has 0 unspecified atom stereocenters. The second-order valence-corrected chi connectivity index (χ2v) is 7.68. The molecule has 4 nitrogen and oxygen atoms in total. The highest BCUT2D eigenvalue weighted by atomic mass is 127. The summed E-state index contributed by atoms with van der Waals surface area (Å²) in [5.74, 6) is -12.6. The summed E-state index contributed by atoms with van der Waals surface area (Å²) < 4.78 is 94.8. The van der Waals surface area contributed by atoms with Gasteiger partial charge in [0.1, 0.15) is 5.69 Å². The van der Waals surface area contributed by atoms with Gasteiger partial charge in [0.25, 0.3) is 0 Å². The molecule has 0 amide bonds. The van der Waals surface area contributed by atoms with Gasteiger partial charge in [0, 0.05) is 27.2 Å². The maximum absolute atomic E-state index is 14.4. The van der Waals surface area contributed by atoms with Crippen molar-refractivity contribution in [1.29, 1.82) is 0 Å². The average molecular weight is 556 g/mol. The van der Waals surface area contributed by atoms with Gasteiger partial charge in [-0.3, -0.25) is 4.98 Å². The molecule has 1 N–H and O–H groups in total. The topological polar surface area (TPSA) is 50.7 Å². The molecule has 0 fully saturated rings. The van der Waals surface area contributed by atoms with Crippen molar-refractivity contribution in [3.63, 3.8) is 0 Å². The van der Waals surface area contributed by atoms with E-state index in [0.717, 1.165) is 3.57 Å². The van der Waals surface area contributed by atoms with Gasteiger partial charge < -0.3 is 5.32 Å². The molecule has 2 heterocycles. The normalized spacial score (nSPS) is 12.7. The first-order chi connectivity index (χ1) is 14.3. The van der Waals surface area contributed by atoms with Gasteiger partial charge in [0.2, 0.25) is 5.95 Å². The van der Waals surface area contributed by atoms with Crippen LogP contribution >= 0.6 is 22.6 Å². The van der Waals surface area contributed by atoms with E-state index in [0.29, 0.717) is 17.3 Å². The van der Waals surface area contributed by atoms with Gasteiger partial charge in [-0.1, -0.05) is 6.07 Å². The molecule has 164 valence electrons. The first-order valence-electron chi connectivity index (χ1n) is 8.48. The highest BCUT2D eigenvalue weighted by molar-refractivity contribution is 14.1. The zero-order chi connectivity index (χ0) is 23.0. The zero-order valence-electron chi connectivity index (χ0n) is 15.5. The molecule has 0 saturated heterocycles. The van der Waals surface area contributed by atoms with Crippen LogP contribution in [0.1, 0.15) is 11.3 Å². The third-order valence-electron chi connectivity index (χ3n) is 4.20. The van der Waals surface area contributed by atoms with Crippen LogP contribution in [-0.2, 0) is 5.92 Å². The molecular weight excluding hydrogens is 544 g/mol. The Hall–Kier alpha value is -2.51. The SMILES string of the molecule is Cc1ccc(I)cc1Nc1nc(-c2cccnc2)cc(C(F)(F)C(F)(F)C(F)(F)F)n1. The van der Waals surface area contributed by atoms with E-state index in [4.69, 9.17) is 0 Å². The first kappa shape index (κ1) is 23.2. The van der Waals surface area contributed by atoms with E-state index < -0.39 is 29.7 Å². The summed E-state index contributed by atoms with van der Waals surface area (Å²) in [6, 6.07) is 8.28. The number of halogens is 8. The minimum atomic E-state index is -6.49. The summed E-state index contributed by atoms with van der Waals surface area (Å²) in [5.41, 5.74) is -0.951. The first-order valence-corrected chi connectivity index (χ1v) is 9.56. The van der Waals surface area contributed by atoms with Crippen LogP contribution in [0.3, 0.4) is 0 Å². The number of anilines is 2. The molecule has 12 heteroatoms. The van der Waals surface area contributed by atoms with Gasteiger partial charge in [0.05, 0.1) is 5.69 Å². The predicted molar refractivity (Wildman–Crippen MR) is 107 cm³/mol. The van der Waals surface area contributed by atoms with E-state index in [2.05, 4.69) is 20.3 Å². The van der Waals surface area contributed by atoms with Crippen molar-refractivity contribution in [2.24, 2.45) is 0 Å². The molecule has 0 aliphatic heterocycles. The molecule has 2 aromatic heterocycles. The van der Waals surface area contributed by atoms with Crippen LogP contribution in [0.5, 0.6) is 0 Å². The fourth-order valence-corrected chi connectivity index (χ4v) is 3.01. The molecule has 0 aliphatic rings. The lowest BCUT2D eigenvalue weighted by atomic mass is 10.1. The number of aromatic nitrogens is 3. The summed E-state index contributed by atoms with van der Waals surface area (Å²) in [6.07, 6.45) is -3.92. The number of hydrogen-bond acceptors (Lipinski definition) is 4. The summed E-state index contributed by atoms with van der Waals surface area (Å²) in [4.78, 5) is 11.1. The monoisotopic (exact) mass is 556 g/mol. The molecule has 1 aromatic carbocycles. The van der Waals surface area contributed by atoms with Crippen LogP contribution in [0.2, 0.25) is 0 Å². The fraction of sp³-hybridized carbons (Fsp3) is 0.211. The van der Waals surface area contributed by atoms with Gasteiger partial charge in [-0.15, -0.1) is 0 Å². The number of hydrogen-bond donors (Lipinski definition) is 1. The van der Waals surface area contributed by atoms with Crippen molar-refractivity contribution < 1.29 is 30.7 Å². The molecule has 31 heavy (non-hydrogen) atoms. The highest BCUT2D eigenvalue weighted by Gasteiger charge is 2.74. The highest BCUT2D eigenvalue weighted by Crippen LogP contribution is 2.51. The number of nitrogens with one attached hydrogen (secondary N) is 1. The lowest BCUT2D eigenvalue weighted by molar-refractivity contribution is -0.360. The van der Waals surface area contributed by atoms with Gasteiger partial charge >= 0.3 is 18.0 Å². The summed E-state index contributed by atoms with van der Waals surface area (Å²) in [5, 5.41) is 2.62. The lowest BCUT2D eigenvalue weighted by Crippen LogP contribution is -2.50. The van der Waals surface area contributed by atoms with E-state index >= 15 is 0 Å². The molecule has 0 radical (unpaired) electrons. The van der Waals surface area contributed by atoms with Crippen molar-refractivity contribution >= 4 is 34.2 Å². The van der Waals surface area contributed by atoms with Gasteiger partial charge in [-0.25, -0.2) is 9.97 Å². The number of pyridine rings is 1. The molecule has 0 saturated carbocycles. The van der Waals surface area contributed by atoms with Gasteiger partial charge in [-0.05, 0) is 65.4 Å². The van der Waals surface area contributed by atoms with E-state index in [9.17, 15) is 30.7 Å². The van der Waals surface area contributed by atoms with Crippen molar-refractivity contribution in [3.05, 3.63) is 63.6 Å². The molecular formula is C19H12F7IN4. The molecule has 0 spiro atoms. The Labute approximate surface area is 185 Å². The Balaban J connectivity index is 2.18. The van der Waals surface area contributed by atoms with Gasteiger partial charge in [0.15, 0.2) is 0 Å². The summed E-state index contributed by atoms with van der Waals surface area (Å²) >= 11 is 1.99. The van der Waals surface area contributed by atoms with E-state index in [1.807, 2.05) is 22.6 Å². The summed E-state index contributed by atoms with van der Waals surface area (Å²) in [6.45, 7) is 1.68. The standard InChI is InChI=1S/C19H12F7IN4/c1-10-4-5-12(27)7-13(10)29-16-30-14(11-3-2-6-28-9-11)8-15(31-16)17(20,21)18(22,23)19(24,25)26/h2-9H,1H3,(H,29,30,31). The minimum absolute atomic E-state index is 0.125. The Morgan fingerprint density at radius 1 is 0.935 bits per heavy atom. The quantitative estimate of drug-likeness (QED) is 0.289. The van der Waals surface area contributed by atoms with Crippen molar-refractivity contribution in [2.45, 2.75) is 24.9 Å². The maximum Gasteiger partial charge on any atom is 0.460 e. The van der Waals surface area contributed by atoms with Crippen molar-refractivity contribution in [2.75, 3.05) is 5.32 Å². The van der Waals surface area contributed by atoms with Crippen LogP contribution in [-0.4, -0.2) is 27.1 Å². The third kappa shape index (κ3) is 4.57. The number of alkyl halides is 7. The second kappa shape index (κ2) is 8.20. The van der Waals surface area contributed by atoms with Crippen LogP contribution in [0.25, 0.3) is 11.3 Å². The molecule has 3 aromatic rings.